The van der Waals surface area contributed by atoms with Crippen LogP contribution in [0.2, 0.25) is 0 Å². The number of alkyl carbamates (subject to hydrolysis) is 1. The lowest BCUT2D eigenvalue weighted by molar-refractivity contribution is -0.124. The fourth-order valence-corrected chi connectivity index (χ4v) is 5.17. The van der Waals surface area contributed by atoms with Crippen molar-refractivity contribution in [2.24, 2.45) is 35.5 Å². The molecule has 1 aromatic carbocycles. The molecule has 0 radical (unpaired) electrons. The summed E-state index contributed by atoms with van der Waals surface area (Å²) in [5.41, 5.74) is 0.320. The van der Waals surface area contributed by atoms with Gasteiger partial charge in [0.1, 0.15) is 23.7 Å². The van der Waals surface area contributed by atoms with Crippen molar-refractivity contribution >= 4 is 47.3 Å². The number of nitrogens with one attached hydrogen (secondary N) is 8. The van der Waals surface area contributed by atoms with Gasteiger partial charge in [0.2, 0.25) is 17.7 Å². The van der Waals surface area contributed by atoms with E-state index < -0.39 is 41.9 Å². The van der Waals surface area contributed by atoms with Crippen LogP contribution in [0.15, 0.2) is 24.3 Å². The van der Waals surface area contributed by atoms with Crippen molar-refractivity contribution < 1.29 is 33.5 Å². The van der Waals surface area contributed by atoms with Crippen LogP contribution in [0.4, 0.5) is 25.8 Å². The second-order valence-corrected chi connectivity index (χ2v) is 18.4. The molecule has 0 saturated heterocycles. The summed E-state index contributed by atoms with van der Waals surface area (Å²) in [6, 6.07) is 3.73. The summed E-state index contributed by atoms with van der Waals surface area (Å²) in [6.07, 6.45) is 1.04. The molecular formula is C43H78N8O7. The molecule has 1 aromatic rings. The molecule has 0 unspecified atom stereocenters. The van der Waals surface area contributed by atoms with Gasteiger partial charge in [-0.15, -0.1) is 0 Å². The third-order valence-corrected chi connectivity index (χ3v) is 7.80. The third-order valence-electron chi connectivity index (χ3n) is 7.80. The minimum atomic E-state index is -0.666. The molecule has 0 fully saturated rings. The maximum atomic E-state index is 12.7. The number of hydrogen-bond acceptors (Lipinski definition) is 7. The number of urea groups is 2. The quantitative estimate of drug-likeness (QED) is 0.0691. The van der Waals surface area contributed by atoms with Gasteiger partial charge in [0.15, 0.2) is 0 Å². The van der Waals surface area contributed by atoms with Crippen molar-refractivity contribution in [3.63, 3.8) is 0 Å². The van der Waals surface area contributed by atoms with Crippen molar-refractivity contribution in [2.75, 3.05) is 30.3 Å². The summed E-state index contributed by atoms with van der Waals surface area (Å²) in [4.78, 5) is 74.4. The Morgan fingerprint density at radius 1 is 0.500 bits per heavy atom. The Morgan fingerprint density at radius 3 is 1.09 bits per heavy atom. The summed E-state index contributed by atoms with van der Waals surface area (Å²) in [7, 11) is 0. The highest BCUT2D eigenvalue weighted by Crippen LogP contribution is 2.16. The minimum absolute atomic E-state index is 0.154. The number of ether oxygens (including phenoxy) is 1. The lowest BCUT2D eigenvalue weighted by atomic mass is 10.0. The first-order valence-corrected chi connectivity index (χ1v) is 20.8. The van der Waals surface area contributed by atoms with Crippen LogP contribution in [-0.4, -0.2) is 79.2 Å². The molecular weight excluding hydrogens is 741 g/mol. The summed E-state index contributed by atoms with van der Waals surface area (Å²) < 4.78 is 5.20. The smallest absolute Gasteiger partial charge is 0.408 e. The Bertz CT molecular complexity index is 1350. The van der Waals surface area contributed by atoms with E-state index in [0.717, 1.165) is 0 Å². The molecule has 0 aliphatic heterocycles. The maximum absolute atomic E-state index is 12.7. The first kappa shape index (κ1) is 53.4. The van der Waals surface area contributed by atoms with Gasteiger partial charge in [0.25, 0.3) is 0 Å². The molecule has 58 heavy (non-hydrogen) atoms. The lowest BCUT2D eigenvalue weighted by Gasteiger charge is -2.24. The van der Waals surface area contributed by atoms with E-state index in [1.165, 1.54) is 0 Å². The van der Waals surface area contributed by atoms with Gasteiger partial charge in [-0.1, -0.05) is 89.2 Å². The van der Waals surface area contributed by atoms with Crippen LogP contribution in [0, 0.1) is 35.5 Å². The molecule has 8 amide bonds. The van der Waals surface area contributed by atoms with Crippen LogP contribution >= 0.6 is 0 Å². The van der Waals surface area contributed by atoms with E-state index in [-0.39, 0.29) is 29.6 Å². The zero-order chi connectivity index (χ0) is 44.7. The molecule has 0 aromatic heterocycles. The second-order valence-electron chi connectivity index (χ2n) is 18.4. The van der Waals surface area contributed by atoms with Crippen LogP contribution in [-0.2, 0) is 19.1 Å². The maximum Gasteiger partial charge on any atom is 0.408 e. The SMILES string of the molecule is CC(C)CNC(=O)[C@H](CC(C)C)NC(=O)Nc1cccc(NC(=O)N[C@@H](CC(C)C)C(=O)NCC(C)C)c1.CC(C)CNC(=O)[C@H](CC(C)C)NC(=O)OC(C)(C)C. The molecule has 0 aliphatic rings. The third kappa shape index (κ3) is 27.1. The highest BCUT2D eigenvalue weighted by atomic mass is 16.6. The van der Waals surface area contributed by atoms with E-state index in [1.807, 2.05) is 83.1 Å². The van der Waals surface area contributed by atoms with Gasteiger partial charge in [-0.25, -0.2) is 14.4 Å². The standard InChI is InChI=1S/C28H48N6O4.C15H30N2O3/c1-17(2)12-23(25(35)29-15-19(5)6)33-27(37)31-21-10-9-11-22(14-21)32-28(38)34-24(13-18(3)4)26(36)30-16-20(7)8;1-10(2)8-12(13(18)16-9-11(3)4)17-14(19)20-15(5,6)7/h9-11,14,17-20,23-24H,12-13,15-16H2,1-8H3,(H,29,35)(H,30,36)(H2,31,33,37)(H2,32,34,38);10-12H,8-9H2,1-7H3,(H,16,18)(H,17,19)/t23-,24-;12-/m00/s1. The zero-order valence-corrected chi connectivity index (χ0v) is 38.1. The van der Waals surface area contributed by atoms with Gasteiger partial charge < -0.3 is 47.3 Å². The van der Waals surface area contributed by atoms with Crippen LogP contribution < -0.4 is 42.5 Å². The van der Waals surface area contributed by atoms with Gasteiger partial charge in [0.05, 0.1) is 0 Å². The molecule has 8 N–H and O–H groups in total. The predicted molar refractivity (Wildman–Crippen MR) is 233 cm³/mol. The molecule has 0 aliphatic carbocycles. The monoisotopic (exact) mass is 819 g/mol. The van der Waals surface area contributed by atoms with Crippen LogP contribution in [0.5, 0.6) is 0 Å². The Balaban J connectivity index is 0.00000137. The van der Waals surface area contributed by atoms with Crippen molar-refractivity contribution in [1.29, 1.82) is 0 Å². The largest absolute Gasteiger partial charge is 0.444 e. The Morgan fingerprint density at radius 2 is 0.810 bits per heavy atom. The molecule has 332 valence electrons. The fourth-order valence-electron chi connectivity index (χ4n) is 5.17. The minimum Gasteiger partial charge on any atom is -0.444 e. The average molecular weight is 819 g/mol. The summed E-state index contributed by atoms with van der Waals surface area (Å²) in [5, 5.41) is 22.2. The number of amides is 8. The lowest BCUT2D eigenvalue weighted by Crippen LogP contribution is -2.49. The number of benzene rings is 1. The number of hydrogen-bond donors (Lipinski definition) is 8. The molecule has 0 bridgehead atoms. The zero-order valence-electron chi connectivity index (χ0n) is 38.1. The molecule has 15 nitrogen and oxygen atoms in total. The summed E-state index contributed by atoms with van der Waals surface area (Å²) in [5.74, 6) is 1.11. The van der Waals surface area contributed by atoms with Gasteiger partial charge in [0, 0.05) is 31.0 Å². The van der Waals surface area contributed by atoms with Gasteiger partial charge >= 0.3 is 18.2 Å². The van der Waals surface area contributed by atoms with Crippen LogP contribution in [0.1, 0.15) is 123 Å². The fraction of sp³-hybridized carbons (Fsp3) is 0.721. The molecule has 15 heteroatoms. The van der Waals surface area contributed by atoms with Gasteiger partial charge in [-0.05, 0) is 93.7 Å². The van der Waals surface area contributed by atoms with Gasteiger partial charge in [-0.2, -0.15) is 0 Å². The first-order valence-electron chi connectivity index (χ1n) is 20.8. The van der Waals surface area contributed by atoms with E-state index in [9.17, 15) is 28.8 Å². The number of carbonyl (C=O) groups excluding carboxylic acids is 6. The average Bonchev–Trinajstić information content (AvgIpc) is 3.06. The summed E-state index contributed by atoms with van der Waals surface area (Å²) >= 11 is 0. The Kier molecular flexibility index (Phi) is 25.1. The Labute approximate surface area is 348 Å². The van der Waals surface area contributed by atoms with E-state index >= 15 is 0 Å². The van der Waals surface area contributed by atoms with E-state index in [2.05, 4.69) is 42.5 Å². The van der Waals surface area contributed by atoms with Crippen molar-refractivity contribution in [1.82, 2.24) is 31.9 Å². The highest BCUT2D eigenvalue weighted by molar-refractivity contribution is 5.96. The van der Waals surface area contributed by atoms with Gasteiger partial charge in [-0.3, -0.25) is 14.4 Å². The van der Waals surface area contributed by atoms with Crippen LogP contribution in [0.3, 0.4) is 0 Å². The molecule has 0 heterocycles. The molecule has 3 atom stereocenters. The molecule has 0 spiro atoms. The highest BCUT2D eigenvalue weighted by Gasteiger charge is 2.26. The topological polar surface area (TPSA) is 208 Å². The number of rotatable bonds is 20. The normalized spacial score (nSPS) is 12.9. The predicted octanol–water partition coefficient (Wildman–Crippen LogP) is 7.00. The van der Waals surface area contributed by atoms with Crippen molar-refractivity contribution in [2.45, 2.75) is 147 Å². The van der Waals surface area contributed by atoms with E-state index in [4.69, 9.17) is 4.74 Å². The molecule has 0 saturated carbocycles. The van der Waals surface area contributed by atoms with Crippen molar-refractivity contribution in [3.05, 3.63) is 24.3 Å². The van der Waals surface area contributed by atoms with E-state index in [1.54, 1.807) is 45.0 Å². The van der Waals surface area contributed by atoms with E-state index in [0.29, 0.717) is 73.9 Å². The second kappa shape index (κ2) is 27.2. The Hall–Kier alpha value is -4.56. The van der Waals surface area contributed by atoms with Crippen LogP contribution in [0.25, 0.3) is 0 Å². The summed E-state index contributed by atoms with van der Waals surface area (Å²) in [6.45, 7) is 31.1. The number of anilines is 2. The molecule has 1 rings (SSSR count). The van der Waals surface area contributed by atoms with Crippen molar-refractivity contribution in [3.8, 4) is 0 Å². The number of carbonyl (C=O) groups is 6. The first-order chi connectivity index (χ1) is 26.8.